The van der Waals surface area contributed by atoms with Crippen LogP contribution in [0.3, 0.4) is 0 Å². The fraction of sp³-hybridized carbons (Fsp3) is 0.227. The summed E-state index contributed by atoms with van der Waals surface area (Å²) in [5, 5.41) is 9.69. The number of aromatic amines is 1. The molecule has 0 atom stereocenters. The van der Waals surface area contributed by atoms with E-state index in [0.717, 1.165) is 54.3 Å². The molecule has 1 aliphatic heterocycles. The topological polar surface area (TPSA) is 87.2 Å². The fourth-order valence-corrected chi connectivity index (χ4v) is 3.89. The van der Waals surface area contributed by atoms with Gasteiger partial charge in [-0.25, -0.2) is 4.98 Å². The standard InChI is InChI=1S/C22H20ClN5O2/c23-17-9-14(13-29)11-25-21(17)15-1-3-19(24-12-15)22-26-18-4-2-16(10-20(18)27-22)28-5-7-30-8-6-28/h1-4,9-12,29H,5-8,13H2,(H,26,27). The maximum Gasteiger partial charge on any atom is 0.157 e. The lowest BCUT2D eigenvalue weighted by atomic mass is 10.1. The summed E-state index contributed by atoms with van der Waals surface area (Å²) >= 11 is 6.30. The van der Waals surface area contributed by atoms with Gasteiger partial charge in [-0.15, -0.1) is 0 Å². The van der Waals surface area contributed by atoms with Gasteiger partial charge in [0.05, 0.1) is 41.6 Å². The molecule has 0 spiro atoms. The number of hydrogen-bond donors (Lipinski definition) is 2. The molecule has 152 valence electrons. The number of fused-ring (bicyclic) bond motifs is 1. The first-order valence-corrected chi connectivity index (χ1v) is 10.1. The monoisotopic (exact) mass is 421 g/mol. The summed E-state index contributed by atoms with van der Waals surface area (Å²) in [6.07, 6.45) is 3.34. The number of ether oxygens (including phenoxy) is 1. The molecule has 5 rings (SSSR count). The molecule has 2 N–H and O–H groups in total. The van der Waals surface area contributed by atoms with Gasteiger partial charge in [0.15, 0.2) is 5.82 Å². The van der Waals surface area contributed by atoms with Crippen LogP contribution in [0.5, 0.6) is 0 Å². The molecule has 4 aromatic rings. The molecule has 0 radical (unpaired) electrons. The number of benzene rings is 1. The van der Waals surface area contributed by atoms with Gasteiger partial charge < -0.3 is 19.7 Å². The second-order valence-corrected chi connectivity index (χ2v) is 7.56. The van der Waals surface area contributed by atoms with E-state index in [9.17, 15) is 5.11 Å². The zero-order valence-electron chi connectivity index (χ0n) is 16.2. The zero-order chi connectivity index (χ0) is 20.5. The molecular weight excluding hydrogens is 402 g/mol. The van der Waals surface area contributed by atoms with Crippen molar-refractivity contribution < 1.29 is 9.84 Å². The number of aromatic nitrogens is 4. The van der Waals surface area contributed by atoms with Crippen molar-refractivity contribution in [1.82, 2.24) is 19.9 Å². The molecule has 1 aliphatic rings. The van der Waals surface area contributed by atoms with Crippen LogP contribution in [0.1, 0.15) is 5.56 Å². The number of halogens is 1. The molecule has 0 amide bonds. The molecule has 0 saturated carbocycles. The fourth-order valence-electron chi connectivity index (χ4n) is 3.59. The molecule has 8 heteroatoms. The molecule has 0 unspecified atom stereocenters. The molecule has 3 aromatic heterocycles. The van der Waals surface area contributed by atoms with Crippen LogP contribution in [0.15, 0.2) is 48.8 Å². The maximum absolute atomic E-state index is 9.21. The summed E-state index contributed by atoms with van der Waals surface area (Å²) in [7, 11) is 0. The van der Waals surface area contributed by atoms with Gasteiger partial charge in [0.2, 0.25) is 0 Å². The first kappa shape index (κ1) is 19.0. The highest BCUT2D eigenvalue weighted by Gasteiger charge is 2.14. The number of aliphatic hydroxyl groups excluding tert-OH is 1. The Hall–Kier alpha value is -3.00. The van der Waals surface area contributed by atoms with Gasteiger partial charge in [0, 0.05) is 36.7 Å². The Kier molecular flexibility index (Phi) is 5.08. The van der Waals surface area contributed by atoms with Crippen molar-refractivity contribution >= 4 is 28.3 Å². The van der Waals surface area contributed by atoms with Gasteiger partial charge in [0.1, 0.15) is 5.69 Å². The van der Waals surface area contributed by atoms with Crippen molar-refractivity contribution in [2.75, 3.05) is 31.2 Å². The van der Waals surface area contributed by atoms with Gasteiger partial charge in [-0.3, -0.25) is 9.97 Å². The van der Waals surface area contributed by atoms with Gasteiger partial charge in [-0.1, -0.05) is 11.6 Å². The number of pyridine rings is 2. The molecule has 1 aromatic carbocycles. The second-order valence-electron chi connectivity index (χ2n) is 7.15. The second kappa shape index (κ2) is 8.02. The molecule has 1 fully saturated rings. The van der Waals surface area contributed by atoms with E-state index >= 15 is 0 Å². The SMILES string of the molecule is OCc1cnc(-c2ccc(-c3nc4ccc(N5CCOCC5)cc4[nH]3)nc2)c(Cl)c1. The van der Waals surface area contributed by atoms with Crippen LogP contribution in [-0.4, -0.2) is 51.3 Å². The quantitative estimate of drug-likeness (QED) is 0.522. The number of anilines is 1. The number of nitrogens with one attached hydrogen (secondary N) is 1. The Morgan fingerprint density at radius 3 is 2.67 bits per heavy atom. The molecular formula is C22H20ClN5O2. The smallest absolute Gasteiger partial charge is 0.157 e. The average molecular weight is 422 g/mol. The lowest BCUT2D eigenvalue weighted by Gasteiger charge is -2.28. The van der Waals surface area contributed by atoms with Crippen molar-refractivity contribution in [1.29, 1.82) is 0 Å². The summed E-state index contributed by atoms with van der Waals surface area (Å²) in [4.78, 5) is 19.3. The van der Waals surface area contributed by atoms with Crippen LogP contribution in [-0.2, 0) is 11.3 Å². The number of hydrogen-bond acceptors (Lipinski definition) is 6. The highest BCUT2D eigenvalue weighted by molar-refractivity contribution is 6.33. The predicted molar refractivity (Wildman–Crippen MR) is 117 cm³/mol. The lowest BCUT2D eigenvalue weighted by molar-refractivity contribution is 0.122. The maximum atomic E-state index is 9.21. The minimum absolute atomic E-state index is 0.0938. The van der Waals surface area contributed by atoms with E-state index in [1.165, 1.54) is 0 Å². The highest BCUT2D eigenvalue weighted by atomic mass is 35.5. The van der Waals surface area contributed by atoms with Crippen molar-refractivity contribution in [3.05, 3.63) is 59.4 Å². The number of imidazole rings is 1. The Labute approximate surface area is 178 Å². The summed E-state index contributed by atoms with van der Waals surface area (Å²) in [5.74, 6) is 0.713. The van der Waals surface area contributed by atoms with Crippen LogP contribution < -0.4 is 4.90 Å². The number of H-pyrrole nitrogens is 1. The Balaban J connectivity index is 1.42. The first-order chi connectivity index (χ1) is 14.7. The van der Waals surface area contributed by atoms with E-state index in [1.54, 1.807) is 18.5 Å². The van der Waals surface area contributed by atoms with Crippen molar-refractivity contribution in [2.45, 2.75) is 6.61 Å². The predicted octanol–water partition coefficient (Wildman–Crippen LogP) is 3.67. The van der Waals surface area contributed by atoms with Crippen molar-refractivity contribution in [2.24, 2.45) is 0 Å². The van der Waals surface area contributed by atoms with E-state index in [2.05, 4.69) is 37.0 Å². The van der Waals surface area contributed by atoms with Gasteiger partial charge in [0.25, 0.3) is 0 Å². The minimum Gasteiger partial charge on any atom is -0.392 e. The summed E-state index contributed by atoms with van der Waals surface area (Å²) in [5.41, 5.74) is 5.89. The van der Waals surface area contributed by atoms with Crippen molar-refractivity contribution in [3.63, 3.8) is 0 Å². The van der Waals surface area contributed by atoms with E-state index in [4.69, 9.17) is 16.3 Å². The molecule has 0 aliphatic carbocycles. The van der Waals surface area contributed by atoms with E-state index in [-0.39, 0.29) is 6.61 Å². The van der Waals surface area contributed by atoms with Gasteiger partial charge in [-0.05, 0) is 42.0 Å². The number of morpholine rings is 1. The largest absolute Gasteiger partial charge is 0.392 e. The van der Waals surface area contributed by atoms with E-state index < -0.39 is 0 Å². The van der Waals surface area contributed by atoms with Crippen LogP contribution in [0, 0.1) is 0 Å². The lowest BCUT2D eigenvalue weighted by Crippen LogP contribution is -2.36. The highest BCUT2D eigenvalue weighted by Crippen LogP contribution is 2.28. The van der Waals surface area contributed by atoms with Crippen LogP contribution in [0.25, 0.3) is 33.8 Å². The molecule has 30 heavy (non-hydrogen) atoms. The van der Waals surface area contributed by atoms with Crippen LogP contribution in [0.2, 0.25) is 5.02 Å². The van der Waals surface area contributed by atoms with Crippen LogP contribution in [0.4, 0.5) is 5.69 Å². The van der Waals surface area contributed by atoms with Crippen molar-refractivity contribution in [3.8, 4) is 22.8 Å². The first-order valence-electron chi connectivity index (χ1n) is 9.76. The Morgan fingerprint density at radius 2 is 1.93 bits per heavy atom. The molecule has 0 bridgehead atoms. The summed E-state index contributed by atoms with van der Waals surface area (Å²) in [6, 6.07) is 11.8. The van der Waals surface area contributed by atoms with Crippen LogP contribution >= 0.6 is 11.6 Å². The van der Waals surface area contributed by atoms with Gasteiger partial charge in [-0.2, -0.15) is 0 Å². The number of nitrogens with zero attached hydrogens (tertiary/aromatic N) is 4. The van der Waals surface area contributed by atoms with E-state index in [0.29, 0.717) is 22.1 Å². The Bertz CT molecular complexity index is 1190. The summed E-state index contributed by atoms with van der Waals surface area (Å²) < 4.78 is 5.44. The molecule has 1 saturated heterocycles. The third-order valence-corrected chi connectivity index (χ3v) is 5.49. The van der Waals surface area contributed by atoms with E-state index in [1.807, 2.05) is 18.2 Å². The minimum atomic E-state index is -0.0938. The molecule has 4 heterocycles. The van der Waals surface area contributed by atoms with Gasteiger partial charge >= 0.3 is 0 Å². The zero-order valence-corrected chi connectivity index (χ0v) is 16.9. The normalized spacial score (nSPS) is 14.4. The third kappa shape index (κ3) is 3.63. The number of aliphatic hydroxyl groups is 1. The third-order valence-electron chi connectivity index (χ3n) is 5.20. The molecule has 7 nitrogen and oxygen atoms in total. The Morgan fingerprint density at radius 1 is 1.07 bits per heavy atom. The average Bonchev–Trinajstić information content (AvgIpc) is 3.23. The summed E-state index contributed by atoms with van der Waals surface area (Å²) in [6.45, 7) is 3.20. The number of rotatable bonds is 4.